The molecule has 0 radical (unpaired) electrons. The molecule has 1 N–H and O–H groups in total. The molecule has 2 rings (SSSR count). The minimum absolute atomic E-state index is 0.00489. The second-order valence-corrected chi connectivity index (χ2v) is 6.80. The van der Waals surface area contributed by atoms with E-state index in [9.17, 15) is 19.6 Å². The number of hydrogen-bond donors (Lipinski definition) is 1. The predicted molar refractivity (Wildman–Crippen MR) is 91.5 cm³/mol. The van der Waals surface area contributed by atoms with Gasteiger partial charge >= 0.3 is 5.91 Å². The first-order chi connectivity index (χ1) is 11.9. The van der Waals surface area contributed by atoms with Gasteiger partial charge in [-0.3, -0.25) is 14.4 Å². The van der Waals surface area contributed by atoms with E-state index in [1.54, 1.807) is 12.1 Å². The molecule has 1 aliphatic heterocycles. The highest BCUT2D eigenvalue weighted by molar-refractivity contribution is 5.97. The molecule has 0 bridgehead atoms. The Morgan fingerprint density at radius 2 is 2.16 bits per heavy atom. The molecule has 2 heterocycles. The van der Waals surface area contributed by atoms with Crippen molar-refractivity contribution in [3.63, 3.8) is 0 Å². The van der Waals surface area contributed by atoms with Gasteiger partial charge in [0.25, 0.3) is 5.69 Å². The molecule has 0 aliphatic carbocycles. The van der Waals surface area contributed by atoms with Gasteiger partial charge in [0, 0.05) is 25.1 Å². The van der Waals surface area contributed by atoms with Crippen molar-refractivity contribution in [3.05, 3.63) is 35.3 Å². The van der Waals surface area contributed by atoms with E-state index in [1.807, 2.05) is 13.8 Å². The number of rotatable bonds is 5. The molecular formula is C18H25N3O4. The van der Waals surface area contributed by atoms with Crippen molar-refractivity contribution < 1.29 is 19.1 Å². The predicted octanol–water partition coefficient (Wildman–Crippen LogP) is 1.05. The van der Waals surface area contributed by atoms with Crippen LogP contribution < -0.4 is 10.0 Å². The summed E-state index contributed by atoms with van der Waals surface area (Å²) in [6.45, 7) is 4.37. The maximum Gasteiger partial charge on any atom is 0.320 e. The molecule has 1 fully saturated rings. The monoisotopic (exact) mass is 347 g/mol. The summed E-state index contributed by atoms with van der Waals surface area (Å²) < 4.78 is 0.503. The van der Waals surface area contributed by atoms with Gasteiger partial charge in [0.05, 0.1) is 12.6 Å². The maximum absolute atomic E-state index is 12.5. The van der Waals surface area contributed by atoms with E-state index in [0.717, 1.165) is 6.42 Å². The van der Waals surface area contributed by atoms with Crippen LogP contribution in [0, 0.1) is 11.1 Å². The maximum atomic E-state index is 12.5. The summed E-state index contributed by atoms with van der Waals surface area (Å²) in [5.41, 5.74) is -0.00489. The highest BCUT2D eigenvalue weighted by Gasteiger charge is 2.31. The van der Waals surface area contributed by atoms with Gasteiger partial charge in [0.2, 0.25) is 5.91 Å². The molecule has 0 unspecified atom stereocenters. The Morgan fingerprint density at radius 1 is 1.40 bits per heavy atom. The Kier molecular flexibility index (Phi) is 6.50. The van der Waals surface area contributed by atoms with Crippen LogP contribution in [0.4, 0.5) is 0 Å². The van der Waals surface area contributed by atoms with Crippen molar-refractivity contribution >= 4 is 17.6 Å². The summed E-state index contributed by atoms with van der Waals surface area (Å²) in [6.07, 6.45) is 3.52. The minimum Gasteiger partial charge on any atom is -0.618 e. The molecule has 25 heavy (non-hydrogen) atoms. The third kappa shape index (κ3) is 5.27. The summed E-state index contributed by atoms with van der Waals surface area (Å²) in [5.74, 6) is -0.367. The SMILES string of the molecule is CC(C)CCC(=O)N[C@H]1CCCN(C(=O)c2cccc[n+]2[O-])CC1=O. The molecule has 1 aromatic rings. The fourth-order valence-corrected chi connectivity index (χ4v) is 2.79. The van der Waals surface area contributed by atoms with E-state index in [2.05, 4.69) is 5.32 Å². The van der Waals surface area contributed by atoms with Gasteiger partial charge in [-0.1, -0.05) is 13.8 Å². The normalized spacial score (nSPS) is 18.1. The lowest BCUT2D eigenvalue weighted by molar-refractivity contribution is -0.608. The van der Waals surface area contributed by atoms with Crippen LogP contribution in [0.2, 0.25) is 0 Å². The zero-order chi connectivity index (χ0) is 18.4. The number of pyridine rings is 1. The first kappa shape index (κ1) is 18.9. The van der Waals surface area contributed by atoms with Crippen LogP contribution in [0.1, 0.15) is 50.0 Å². The van der Waals surface area contributed by atoms with Crippen molar-refractivity contribution in [2.75, 3.05) is 13.1 Å². The van der Waals surface area contributed by atoms with Crippen molar-refractivity contribution in [1.29, 1.82) is 0 Å². The number of amides is 2. The van der Waals surface area contributed by atoms with Crippen LogP contribution in [0.3, 0.4) is 0 Å². The molecule has 1 aliphatic rings. The number of ketones is 1. The van der Waals surface area contributed by atoms with Crippen LogP contribution in [0.15, 0.2) is 24.4 Å². The lowest BCUT2D eigenvalue weighted by Gasteiger charge is -2.19. The Balaban J connectivity index is 1.97. The van der Waals surface area contributed by atoms with Gasteiger partial charge < -0.3 is 15.4 Å². The summed E-state index contributed by atoms with van der Waals surface area (Å²) in [4.78, 5) is 38.3. The van der Waals surface area contributed by atoms with Gasteiger partial charge in [0.15, 0.2) is 12.0 Å². The molecule has 2 amide bonds. The van der Waals surface area contributed by atoms with Gasteiger partial charge in [-0.25, -0.2) is 0 Å². The van der Waals surface area contributed by atoms with Crippen LogP contribution in [0.25, 0.3) is 0 Å². The molecule has 0 aromatic carbocycles. The zero-order valence-electron chi connectivity index (χ0n) is 14.7. The van der Waals surface area contributed by atoms with Crippen molar-refractivity contribution in [1.82, 2.24) is 10.2 Å². The van der Waals surface area contributed by atoms with E-state index >= 15 is 0 Å². The number of carbonyl (C=O) groups excluding carboxylic acids is 3. The van der Waals surface area contributed by atoms with Gasteiger partial charge in [0.1, 0.15) is 0 Å². The van der Waals surface area contributed by atoms with E-state index in [4.69, 9.17) is 0 Å². The van der Waals surface area contributed by atoms with Crippen LogP contribution in [-0.4, -0.2) is 41.6 Å². The lowest BCUT2D eigenvalue weighted by Crippen LogP contribution is -2.46. The van der Waals surface area contributed by atoms with E-state index in [0.29, 0.717) is 36.5 Å². The third-order valence-corrected chi connectivity index (χ3v) is 4.27. The molecule has 1 aromatic heterocycles. The molecule has 0 saturated carbocycles. The smallest absolute Gasteiger partial charge is 0.320 e. The first-order valence-electron chi connectivity index (χ1n) is 8.68. The fraction of sp³-hybridized carbons (Fsp3) is 0.556. The fourth-order valence-electron chi connectivity index (χ4n) is 2.79. The van der Waals surface area contributed by atoms with Gasteiger partial charge in [-0.2, -0.15) is 4.73 Å². The Morgan fingerprint density at radius 3 is 2.84 bits per heavy atom. The summed E-state index contributed by atoms with van der Waals surface area (Å²) >= 11 is 0. The Labute approximate surface area is 147 Å². The molecule has 7 heteroatoms. The second-order valence-electron chi connectivity index (χ2n) is 6.80. The van der Waals surface area contributed by atoms with E-state index in [1.165, 1.54) is 17.2 Å². The minimum atomic E-state index is -0.562. The Bertz CT molecular complexity index is 645. The number of hydrogen-bond acceptors (Lipinski definition) is 4. The highest BCUT2D eigenvalue weighted by atomic mass is 16.5. The molecule has 136 valence electrons. The number of likely N-dealkylation sites (tertiary alicyclic amines) is 1. The number of carbonyl (C=O) groups is 3. The largest absolute Gasteiger partial charge is 0.618 e. The number of aromatic nitrogens is 1. The number of Topliss-reactive ketones (excluding diaryl/α,β-unsaturated/α-hetero) is 1. The summed E-state index contributed by atoms with van der Waals surface area (Å²) in [6, 6.07) is 4.03. The van der Waals surface area contributed by atoms with Crippen LogP contribution in [-0.2, 0) is 9.59 Å². The average molecular weight is 347 g/mol. The zero-order valence-corrected chi connectivity index (χ0v) is 14.7. The van der Waals surface area contributed by atoms with Crippen molar-refractivity contribution in [2.24, 2.45) is 5.92 Å². The third-order valence-electron chi connectivity index (χ3n) is 4.27. The van der Waals surface area contributed by atoms with Crippen molar-refractivity contribution in [3.8, 4) is 0 Å². The first-order valence-corrected chi connectivity index (χ1v) is 8.68. The van der Waals surface area contributed by atoms with E-state index in [-0.39, 0.29) is 23.9 Å². The second kappa shape index (κ2) is 8.60. The molecule has 1 atom stereocenters. The number of nitrogens with zero attached hydrogens (tertiary/aromatic N) is 2. The molecular weight excluding hydrogens is 322 g/mol. The highest BCUT2D eigenvalue weighted by Crippen LogP contribution is 2.12. The topological polar surface area (TPSA) is 93.4 Å². The van der Waals surface area contributed by atoms with Crippen LogP contribution in [0.5, 0.6) is 0 Å². The molecule has 1 saturated heterocycles. The molecule has 0 spiro atoms. The average Bonchev–Trinajstić information content (AvgIpc) is 2.75. The van der Waals surface area contributed by atoms with Crippen molar-refractivity contribution in [2.45, 2.75) is 45.6 Å². The van der Waals surface area contributed by atoms with Crippen LogP contribution >= 0.6 is 0 Å². The van der Waals surface area contributed by atoms with E-state index < -0.39 is 11.9 Å². The van der Waals surface area contributed by atoms with Gasteiger partial charge in [-0.15, -0.1) is 0 Å². The Hall–Kier alpha value is -2.44. The van der Waals surface area contributed by atoms with Gasteiger partial charge in [-0.05, 0) is 31.2 Å². The quantitative estimate of drug-likeness (QED) is 0.636. The standard InChI is InChI=1S/C18H25N3O4/c1-13(2)8-9-17(23)19-14-6-5-10-20(12-16(14)22)18(24)15-7-3-4-11-21(15)25/h3-4,7,11,13-14H,5-6,8-10,12H2,1-2H3,(H,19,23)/t14-/m0/s1. The number of nitrogens with one attached hydrogen (secondary N) is 1. The molecule has 7 nitrogen and oxygen atoms in total. The lowest BCUT2D eigenvalue weighted by atomic mass is 10.1. The summed E-state index contributed by atoms with van der Waals surface area (Å²) in [5, 5.41) is 14.5. The summed E-state index contributed by atoms with van der Waals surface area (Å²) in [7, 11) is 0.